The molecule has 1 aliphatic rings. The highest BCUT2D eigenvalue weighted by atomic mass is 35.5. The first-order valence-corrected chi connectivity index (χ1v) is 9.95. The number of nitrogens with zero attached hydrogens (tertiary/aromatic N) is 1. The second kappa shape index (κ2) is 8.10. The molecule has 4 rings (SSSR count). The molecule has 148 valence electrons. The number of benzene rings is 2. The van der Waals surface area contributed by atoms with Crippen LogP contribution in [-0.2, 0) is 11.2 Å². The van der Waals surface area contributed by atoms with E-state index in [-0.39, 0.29) is 25.0 Å². The fourth-order valence-corrected chi connectivity index (χ4v) is 3.58. The summed E-state index contributed by atoms with van der Waals surface area (Å²) in [5, 5.41) is 8.25. The fraction of sp³-hybridized carbons (Fsp3) is 0.150. The van der Waals surface area contributed by atoms with Crippen molar-refractivity contribution in [2.24, 2.45) is 0 Å². The number of hydrogen-bond donors (Lipinski definition) is 2. The zero-order valence-electron chi connectivity index (χ0n) is 15.3. The lowest BCUT2D eigenvalue weighted by Gasteiger charge is -2.06. The maximum absolute atomic E-state index is 12.4. The Morgan fingerprint density at radius 3 is 2.79 bits per heavy atom. The zero-order valence-corrected chi connectivity index (χ0v) is 16.9. The Bertz CT molecular complexity index is 1100. The van der Waals surface area contributed by atoms with Gasteiger partial charge in [-0.3, -0.25) is 14.9 Å². The lowest BCUT2D eigenvalue weighted by Crippen LogP contribution is -2.15. The van der Waals surface area contributed by atoms with Crippen molar-refractivity contribution < 1.29 is 19.1 Å². The predicted octanol–water partition coefficient (Wildman–Crippen LogP) is 4.27. The van der Waals surface area contributed by atoms with E-state index in [4.69, 9.17) is 21.1 Å². The highest BCUT2D eigenvalue weighted by molar-refractivity contribution is 7.14. The molecule has 0 saturated heterocycles. The largest absolute Gasteiger partial charge is 0.454 e. The Hall–Kier alpha value is -3.10. The quantitative estimate of drug-likeness (QED) is 0.632. The molecule has 2 heterocycles. The molecule has 9 heteroatoms. The molecule has 29 heavy (non-hydrogen) atoms. The molecule has 0 spiro atoms. The third-order valence-corrected chi connectivity index (χ3v) is 5.42. The highest BCUT2D eigenvalue weighted by Crippen LogP contribution is 2.32. The van der Waals surface area contributed by atoms with Crippen molar-refractivity contribution in [3.8, 4) is 11.5 Å². The summed E-state index contributed by atoms with van der Waals surface area (Å²) in [6, 6.07) is 10.3. The van der Waals surface area contributed by atoms with Gasteiger partial charge in [-0.25, -0.2) is 4.98 Å². The van der Waals surface area contributed by atoms with Crippen molar-refractivity contribution in [1.82, 2.24) is 4.98 Å². The smallest absolute Gasteiger partial charge is 0.257 e. The summed E-state index contributed by atoms with van der Waals surface area (Å²) >= 11 is 7.32. The van der Waals surface area contributed by atoms with Gasteiger partial charge in [-0.1, -0.05) is 17.7 Å². The van der Waals surface area contributed by atoms with Gasteiger partial charge in [0.05, 0.1) is 12.1 Å². The maximum atomic E-state index is 12.4. The van der Waals surface area contributed by atoms with Gasteiger partial charge in [0, 0.05) is 21.7 Å². The zero-order chi connectivity index (χ0) is 20.4. The van der Waals surface area contributed by atoms with Crippen LogP contribution in [0.25, 0.3) is 0 Å². The first kappa shape index (κ1) is 19.2. The number of nitrogens with one attached hydrogen (secondary N) is 2. The Morgan fingerprint density at radius 2 is 1.97 bits per heavy atom. The number of aryl methyl sites for hydroxylation is 1. The van der Waals surface area contributed by atoms with Crippen molar-refractivity contribution in [3.05, 3.63) is 63.6 Å². The number of thiazole rings is 1. The number of ether oxygens (including phenoxy) is 2. The molecule has 0 unspecified atom stereocenters. The van der Waals surface area contributed by atoms with Crippen LogP contribution in [0.3, 0.4) is 0 Å². The van der Waals surface area contributed by atoms with Crippen LogP contribution < -0.4 is 20.1 Å². The van der Waals surface area contributed by atoms with Gasteiger partial charge in [0.1, 0.15) is 0 Å². The molecule has 0 atom stereocenters. The van der Waals surface area contributed by atoms with Gasteiger partial charge in [-0.05, 0) is 42.8 Å². The summed E-state index contributed by atoms with van der Waals surface area (Å²) in [5.74, 6) is 0.608. The van der Waals surface area contributed by atoms with Gasteiger partial charge in [-0.15, -0.1) is 11.3 Å². The van der Waals surface area contributed by atoms with E-state index in [9.17, 15) is 9.59 Å². The molecule has 0 fully saturated rings. The summed E-state index contributed by atoms with van der Waals surface area (Å²) in [6.07, 6.45) is 0.0852. The number of carbonyl (C=O) groups excluding carboxylic acids is 2. The van der Waals surface area contributed by atoms with Gasteiger partial charge < -0.3 is 14.8 Å². The van der Waals surface area contributed by atoms with Crippen molar-refractivity contribution in [2.45, 2.75) is 13.3 Å². The number of anilines is 2. The topological polar surface area (TPSA) is 89.6 Å². The third-order valence-electron chi connectivity index (χ3n) is 4.20. The Kier molecular flexibility index (Phi) is 5.37. The third kappa shape index (κ3) is 4.49. The average Bonchev–Trinajstić information content (AvgIpc) is 3.33. The molecule has 2 N–H and O–H groups in total. The lowest BCUT2D eigenvalue weighted by atomic mass is 10.2. The molecule has 3 aromatic rings. The van der Waals surface area contributed by atoms with E-state index in [0.29, 0.717) is 38.6 Å². The van der Waals surface area contributed by atoms with Crippen LogP contribution in [0.15, 0.2) is 41.8 Å². The number of halogens is 1. The van der Waals surface area contributed by atoms with E-state index in [0.717, 1.165) is 5.56 Å². The molecular formula is C20H16ClN3O4S. The molecule has 0 radical (unpaired) electrons. The predicted molar refractivity (Wildman–Crippen MR) is 111 cm³/mol. The van der Waals surface area contributed by atoms with E-state index < -0.39 is 0 Å². The molecule has 0 saturated carbocycles. The molecule has 1 aromatic heterocycles. The minimum Gasteiger partial charge on any atom is -0.454 e. The number of fused-ring (bicyclic) bond motifs is 1. The number of rotatable bonds is 5. The van der Waals surface area contributed by atoms with Crippen molar-refractivity contribution in [2.75, 3.05) is 17.4 Å². The van der Waals surface area contributed by atoms with Gasteiger partial charge >= 0.3 is 0 Å². The maximum Gasteiger partial charge on any atom is 0.257 e. The summed E-state index contributed by atoms with van der Waals surface area (Å²) in [6.45, 7) is 2.04. The van der Waals surface area contributed by atoms with E-state index in [1.165, 1.54) is 11.3 Å². The van der Waals surface area contributed by atoms with Gasteiger partial charge in [0.25, 0.3) is 5.91 Å². The number of carbonyl (C=O) groups is 2. The molecule has 0 aliphatic carbocycles. The highest BCUT2D eigenvalue weighted by Gasteiger charge is 2.17. The standard InChI is InChI=1S/C20H16ClN3O4S/c1-11-2-4-13(7-15(11)21)22-18(25)8-14-9-29-20(23-14)24-19(26)12-3-5-16-17(6-12)28-10-27-16/h2-7,9H,8,10H2,1H3,(H,22,25)(H,23,24,26). The molecule has 2 aromatic carbocycles. The summed E-state index contributed by atoms with van der Waals surface area (Å²) in [4.78, 5) is 29.0. The first-order valence-electron chi connectivity index (χ1n) is 8.69. The molecule has 7 nitrogen and oxygen atoms in total. The van der Waals surface area contributed by atoms with E-state index in [1.54, 1.807) is 35.7 Å². The Balaban J connectivity index is 1.36. The van der Waals surface area contributed by atoms with Crippen LogP contribution in [0.4, 0.5) is 10.8 Å². The van der Waals surface area contributed by atoms with Crippen molar-refractivity contribution in [3.63, 3.8) is 0 Å². The van der Waals surface area contributed by atoms with Gasteiger partial charge in [0.15, 0.2) is 16.6 Å². The van der Waals surface area contributed by atoms with Crippen LogP contribution in [0.2, 0.25) is 5.02 Å². The van der Waals surface area contributed by atoms with Crippen LogP contribution in [0.1, 0.15) is 21.6 Å². The van der Waals surface area contributed by atoms with E-state index in [1.807, 2.05) is 13.0 Å². The molecule has 1 aliphatic heterocycles. The molecule has 2 amide bonds. The SMILES string of the molecule is Cc1ccc(NC(=O)Cc2csc(NC(=O)c3ccc4c(c3)OCO4)n2)cc1Cl. The number of amides is 2. The summed E-state index contributed by atoms with van der Waals surface area (Å²) in [5.41, 5.74) is 2.55. The minimum atomic E-state index is -0.317. The monoisotopic (exact) mass is 429 g/mol. The Labute approximate surface area is 175 Å². The fourth-order valence-electron chi connectivity index (χ4n) is 2.69. The normalized spacial score (nSPS) is 11.9. The van der Waals surface area contributed by atoms with Gasteiger partial charge in [0.2, 0.25) is 12.7 Å². The molecular weight excluding hydrogens is 414 g/mol. The molecule has 0 bridgehead atoms. The average molecular weight is 430 g/mol. The lowest BCUT2D eigenvalue weighted by molar-refractivity contribution is -0.115. The van der Waals surface area contributed by atoms with Crippen molar-refractivity contribution in [1.29, 1.82) is 0 Å². The summed E-state index contributed by atoms with van der Waals surface area (Å²) in [7, 11) is 0. The Morgan fingerprint density at radius 1 is 1.14 bits per heavy atom. The van der Waals surface area contributed by atoms with E-state index in [2.05, 4.69) is 15.6 Å². The second-order valence-electron chi connectivity index (χ2n) is 6.36. The number of aromatic nitrogens is 1. The van der Waals surface area contributed by atoms with Crippen LogP contribution >= 0.6 is 22.9 Å². The van der Waals surface area contributed by atoms with Crippen LogP contribution in [-0.4, -0.2) is 23.6 Å². The van der Waals surface area contributed by atoms with E-state index >= 15 is 0 Å². The minimum absolute atomic E-state index is 0.0852. The van der Waals surface area contributed by atoms with Crippen molar-refractivity contribution >= 4 is 45.6 Å². The van der Waals surface area contributed by atoms with Gasteiger partial charge in [-0.2, -0.15) is 0 Å². The second-order valence-corrected chi connectivity index (χ2v) is 7.62. The first-order chi connectivity index (χ1) is 14.0. The van der Waals surface area contributed by atoms with Crippen LogP contribution in [0.5, 0.6) is 11.5 Å². The number of hydrogen-bond acceptors (Lipinski definition) is 6. The summed E-state index contributed by atoms with van der Waals surface area (Å²) < 4.78 is 10.5. The van der Waals surface area contributed by atoms with Crippen LogP contribution in [0, 0.1) is 6.92 Å².